The second-order valence-electron chi connectivity index (χ2n) is 5.90. The van der Waals surface area contributed by atoms with Gasteiger partial charge >= 0.3 is 5.97 Å². The molecule has 2 N–H and O–H groups in total. The van der Waals surface area contributed by atoms with Crippen molar-refractivity contribution in [1.29, 1.82) is 0 Å². The van der Waals surface area contributed by atoms with Crippen molar-refractivity contribution in [1.82, 2.24) is 5.32 Å². The Hall–Kier alpha value is -3.18. The molecule has 132 valence electrons. The zero-order valence-electron chi connectivity index (χ0n) is 14.3. The zero-order valence-corrected chi connectivity index (χ0v) is 14.3. The Labute approximate surface area is 151 Å². The van der Waals surface area contributed by atoms with Crippen molar-refractivity contribution in [3.63, 3.8) is 0 Å². The number of rotatable bonds is 5. The zero-order chi connectivity index (χ0) is 18.5. The number of hydrogen-bond donors (Lipinski definition) is 2. The van der Waals surface area contributed by atoms with Crippen LogP contribution in [0.2, 0.25) is 0 Å². The summed E-state index contributed by atoms with van der Waals surface area (Å²) in [5.41, 5.74) is 1.52. The molecule has 0 aliphatic carbocycles. The summed E-state index contributed by atoms with van der Waals surface area (Å²) in [4.78, 5) is 23.6. The lowest BCUT2D eigenvalue weighted by molar-refractivity contribution is 0.0600. The highest BCUT2D eigenvalue weighted by Crippen LogP contribution is 2.20. The standard InChI is InChI=1S/C21H19NO4/c1-26-21(25)16-9-7-15(8-10-16)20(24)22-13-19(23)18-11-6-14-4-2-3-5-17(14)12-18/h2-12,19,23H,13H2,1H3,(H,22,24). The molecule has 0 fully saturated rings. The van der Waals surface area contributed by atoms with E-state index in [0.717, 1.165) is 16.3 Å². The van der Waals surface area contributed by atoms with Crippen molar-refractivity contribution < 1.29 is 19.4 Å². The molecule has 3 aromatic carbocycles. The van der Waals surface area contributed by atoms with Gasteiger partial charge in [0.2, 0.25) is 0 Å². The molecule has 0 saturated heterocycles. The number of amides is 1. The first-order valence-electron chi connectivity index (χ1n) is 8.22. The van der Waals surface area contributed by atoms with Gasteiger partial charge in [-0.3, -0.25) is 4.79 Å². The number of esters is 1. The monoisotopic (exact) mass is 349 g/mol. The van der Waals surface area contributed by atoms with Gasteiger partial charge in [0.05, 0.1) is 18.8 Å². The third kappa shape index (κ3) is 3.90. The van der Waals surface area contributed by atoms with Gasteiger partial charge in [-0.25, -0.2) is 4.79 Å². The van der Waals surface area contributed by atoms with Gasteiger partial charge in [-0.2, -0.15) is 0 Å². The molecule has 0 bridgehead atoms. The highest BCUT2D eigenvalue weighted by Gasteiger charge is 2.12. The van der Waals surface area contributed by atoms with Crippen LogP contribution in [0.3, 0.4) is 0 Å². The number of ether oxygens (including phenoxy) is 1. The number of carbonyl (C=O) groups excluding carboxylic acids is 2. The van der Waals surface area contributed by atoms with E-state index >= 15 is 0 Å². The number of fused-ring (bicyclic) bond motifs is 1. The molecule has 5 heteroatoms. The van der Waals surface area contributed by atoms with Crippen LogP contribution in [-0.2, 0) is 4.74 Å². The predicted octanol–water partition coefficient (Wildman–Crippen LogP) is 3.09. The highest BCUT2D eigenvalue weighted by molar-refractivity contribution is 5.96. The Morgan fingerprint density at radius 3 is 2.31 bits per heavy atom. The summed E-state index contributed by atoms with van der Waals surface area (Å²) in [6.07, 6.45) is -0.808. The van der Waals surface area contributed by atoms with Gasteiger partial charge in [-0.05, 0) is 46.7 Å². The van der Waals surface area contributed by atoms with Crippen molar-refractivity contribution in [2.24, 2.45) is 0 Å². The van der Waals surface area contributed by atoms with Gasteiger partial charge in [0, 0.05) is 12.1 Å². The Kier molecular flexibility index (Phi) is 5.29. The smallest absolute Gasteiger partial charge is 0.337 e. The van der Waals surface area contributed by atoms with Crippen molar-refractivity contribution in [3.8, 4) is 0 Å². The van der Waals surface area contributed by atoms with Crippen LogP contribution >= 0.6 is 0 Å². The first kappa shape index (κ1) is 17.6. The van der Waals surface area contributed by atoms with Crippen molar-refractivity contribution in [2.75, 3.05) is 13.7 Å². The Morgan fingerprint density at radius 2 is 1.62 bits per heavy atom. The fourth-order valence-corrected chi connectivity index (χ4v) is 2.70. The number of aliphatic hydroxyl groups is 1. The first-order valence-corrected chi connectivity index (χ1v) is 8.22. The molecule has 0 radical (unpaired) electrons. The van der Waals surface area contributed by atoms with E-state index < -0.39 is 12.1 Å². The summed E-state index contributed by atoms with van der Waals surface area (Å²) >= 11 is 0. The second kappa shape index (κ2) is 7.80. The minimum Gasteiger partial charge on any atom is -0.465 e. The van der Waals surface area contributed by atoms with Crippen LogP contribution in [0.15, 0.2) is 66.7 Å². The van der Waals surface area contributed by atoms with E-state index in [9.17, 15) is 14.7 Å². The van der Waals surface area contributed by atoms with Crippen molar-refractivity contribution in [3.05, 3.63) is 83.4 Å². The number of methoxy groups -OCH3 is 1. The molecule has 3 rings (SSSR count). The minimum absolute atomic E-state index is 0.0932. The number of hydrogen-bond acceptors (Lipinski definition) is 4. The summed E-state index contributed by atoms with van der Waals surface area (Å²) in [5, 5.41) is 15.2. The third-order valence-corrected chi connectivity index (χ3v) is 4.18. The fourth-order valence-electron chi connectivity index (χ4n) is 2.70. The van der Waals surface area contributed by atoms with Gasteiger partial charge < -0.3 is 15.2 Å². The van der Waals surface area contributed by atoms with Gasteiger partial charge in [0.1, 0.15) is 0 Å². The average molecular weight is 349 g/mol. The van der Waals surface area contributed by atoms with Gasteiger partial charge in [0.15, 0.2) is 0 Å². The third-order valence-electron chi connectivity index (χ3n) is 4.18. The average Bonchev–Trinajstić information content (AvgIpc) is 2.70. The van der Waals surface area contributed by atoms with Crippen LogP contribution in [0, 0.1) is 0 Å². The van der Waals surface area contributed by atoms with E-state index in [4.69, 9.17) is 0 Å². The fraction of sp³-hybridized carbons (Fsp3) is 0.143. The molecule has 0 aliphatic heterocycles. The lowest BCUT2D eigenvalue weighted by atomic mass is 10.0. The quantitative estimate of drug-likeness (QED) is 0.694. The molecular formula is C21H19NO4. The summed E-state index contributed by atoms with van der Waals surface area (Å²) < 4.78 is 4.62. The summed E-state index contributed by atoms with van der Waals surface area (Å²) in [7, 11) is 1.30. The number of nitrogens with one attached hydrogen (secondary N) is 1. The van der Waals surface area contributed by atoms with E-state index in [-0.39, 0.29) is 12.5 Å². The Bertz CT molecular complexity index is 934. The number of carbonyl (C=O) groups is 2. The van der Waals surface area contributed by atoms with Crippen LogP contribution in [0.1, 0.15) is 32.4 Å². The Morgan fingerprint density at radius 1 is 0.962 bits per heavy atom. The second-order valence-corrected chi connectivity index (χ2v) is 5.90. The summed E-state index contributed by atoms with van der Waals surface area (Å²) in [6, 6.07) is 19.7. The molecule has 0 heterocycles. The topological polar surface area (TPSA) is 75.6 Å². The molecule has 5 nitrogen and oxygen atoms in total. The van der Waals surface area contributed by atoms with Crippen LogP contribution in [0.25, 0.3) is 10.8 Å². The van der Waals surface area contributed by atoms with Crippen molar-refractivity contribution >= 4 is 22.6 Å². The Balaban J connectivity index is 1.63. The maximum Gasteiger partial charge on any atom is 0.337 e. The minimum atomic E-state index is -0.808. The number of benzene rings is 3. The molecule has 0 saturated carbocycles. The van der Waals surface area contributed by atoms with E-state index in [1.165, 1.54) is 19.2 Å². The van der Waals surface area contributed by atoms with Crippen LogP contribution in [0.5, 0.6) is 0 Å². The molecule has 26 heavy (non-hydrogen) atoms. The molecular weight excluding hydrogens is 330 g/mol. The van der Waals surface area contributed by atoms with Gasteiger partial charge in [-0.15, -0.1) is 0 Å². The predicted molar refractivity (Wildman–Crippen MR) is 99.0 cm³/mol. The number of aliphatic hydroxyl groups excluding tert-OH is 1. The summed E-state index contributed by atoms with van der Waals surface area (Å²) in [5.74, 6) is -0.773. The van der Waals surface area contributed by atoms with Crippen LogP contribution in [0.4, 0.5) is 0 Å². The van der Waals surface area contributed by atoms with E-state index in [2.05, 4.69) is 10.1 Å². The molecule has 1 unspecified atom stereocenters. The molecule has 0 aliphatic rings. The maximum absolute atomic E-state index is 12.2. The van der Waals surface area contributed by atoms with Gasteiger partial charge in [-0.1, -0.05) is 36.4 Å². The lowest BCUT2D eigenvalue weighted by Crippen LogP contribution is -2.28. The normalized spacial score (nSPS) is 11.8. The van der Waals surface area contributed by atoms with E-state index in [0.29, 0.717) is 11.1 Å². The van der Waals surface area contributed by atoms with Crippen molar-refractivity contribution in [2.45, 2.75) is 6.10 Å². The molecule has 1 amide bonds. The molecule has 1 atom stereocenters. The lowest BCUT2D eigenvalue weighted by Gasteiger charge is -2.13. The summed E-state index contributed by atoms with van der Waals surface area (Å²) in [6.45, 7) is 0.0932. The van der Waals surface area contributed by atoms with Crippen LogP contribution in [-0.4, -0.2) is 30.6 Å². The highest BCUT2D eigenvalue weighted by atomic mass is 16.5. The van der Waals surface area contributed by atoms with E-state index in [1.807, 2.05) is 42.5 Å². The molecule has 0 aromatic heterocycles. The SMILES string of the molecule is COC(=O)c1ccc(C(=O)NCC(O)c2ccc3ccccc3c2)cc1. The molecule has 0 spiro atoms. The largest absolute Gasteiger partial charge is 0.465 e. The first-order chi connectivity index (χ1) is 12.6. The van der Waals surface area contributed by atoms with Crippen LogP contribution < -0.4 is 5.32 Å². The maximum atomic E-state index is 12.2. The molecule has 3 aromatic rings. The van der Waals surface area contributed by atoms with Gasteiger partial charge in [0.25, 0.3) is 5.91 Å². The van der Waals surface area contributed by atoms with E-state index in [1.54, 1.807) is 12.1 Å².